The summed E-state index contributed by atoms with van der Waals surface area (Å²) in [5, 5.41) is 0. The van der Waals surface area contributed by atoms with Crippen LogP contribution in [0.2, 0.25) is 0 Å². The Kier molecular flexibility index (Phi) is 8.22. The van der Waals surface area contributed by atoms with E-state index in [1.807, 2.05) is 0 Å². The summed E-state index contributed by atoms with van der Waals surface area (Å²) in [4.78, 5) is 11.7. The minimum Gasteiger partial charge on any atom is -0.462 e. The molecule has 0 aromatic heterocycles. The SMILES string of the molecule is Cc1ccccc1C(=O)OCCC(F)(F)C(F)(F)C(F)(F)C(F)(F)C(F)(F)C(F)(F)C(F)(F)C(F)(F)F. The van der Waals surface area contributed by atoms with Crippen molar-refractivity contribution in [3.63, 3.8) is 0 Å². The van der Waals surface area contributed by atoms with Crippen LogP contribution in [0.1, 0.15) is 22.3 Å². The van der Waals surface area contributed by atoms with Crippen LogP contribution >= 0.6 is 0 Å². The monoisotopic (exact) mass is 582 g/mol. The zero-order valence-corrected chi connectivity index (χ0v) is 17.5. The third-order valence-corrected chi connectivity index (χ3v) is 4.80. The Hall–Kier alpha value is -2.50. The Balaban J connectivity index is 3.31. The van der Waals surface area contributed by atoms with Crippen LogP contribution in [-0.4, -0.2) is 60.2 Å². The third-order valence-electron chi connectivity index (χ3n) is 4.80. The van der Waals surface area contributed by atoms with Crippen molar-refractivity contribution in [3.05, 3.63) is 35.4 Å². The van der Waals surface area contributed by atoms with Gasteiger partial charge in [-0.25, -0.2) is 4.79 Å². The number of rotatable bonds is 10. The molecule has 0 aliphatic carbocycles. The van der Waals surface area contributed by atoms with E-state index in [1.54, 1.807) is 0 Å². The predicted octanol–water partition coefficient (Wildman–Crippen LogP) is 7.55. The van der Waals surface area contributed by atoms with Gasteiger partial charge < -0.3 is 4.74 Å². The molecular formula is C18H11F17O2. The average Bonchev–Trinajstić information content (AvgIpc) is 2.72. The molecule has 0 radical (unpaired) electrons. The number of hydrogen-bond acceptors (Lipinski definition) is 2. The van der Waals surface area contributed by atoms with Crippen LogP contribution in [0.3, 0.4) is 0 Å². The van der Waals surface area contributed by atoms with Gasteiger partial charge in [0.1, 0.15) is 0 Å². The zero-order valence-electron chi connectivity index (χ0n) is 17.5. The van der Waals surface area contributed by atoms with E-state index in [2.05, 4.69) is 4.74 Å². The molecule has 2 nitrogen and oxygen atoms in total. The third kappa shape index (κ3) is 4.88. The highest BCUT2D eigenvalue weighted by molar-refractivity contribution is 5.90. The number of benzene rings is 1. The van der Waals surface area contributed by atoms with Crippen LogP contribution in [-0.2, 0) is 4.74 Å². The fourth-order valence-corrected chi connectivity index (χ4v) is 2.50. The first-order valence-electron chi connectivity index (χ1n) is 9.09. The van der Waals surface area contributed by atoms with Crippen molar-refractivity contribution >= 4 is 5.97 Å². The van der Waals surface area contributed by atoms with Crippen molar-refractivity contribution in [2.45, 2.75) is 61.0 Å². The first-order valence-corrected chi connectivity index (χ1v) is 9.09. The van der Waals surface area contributed by atoms with E-state index in [1.165, 1.54) is 25.1 Å². The molecule has 0 aliphatic rings. The molecule has 19 heteroatoms. The van der Waals surface area contributed by atoms with Gasteiger partial charge in [-0.3, -0.25) is 0 Å². The second-order valence-electron chi connectivity index (χ2n) is 7.35. The van der Waals surface area contributed by atoms with E-state index < -0.39 is 66.6 Å². The summed E-state index contributed by atoms with van der Waals surface area (Å²) in [7, 11) is 0. The molecule has 0 fully saturated rings. The number of carbonyl (C=O) groups excluding carboxylic acids is 1. The standard InChI is InChI=1S/C18H11F17O2/c1-8-4-2-3-5-9(8)10(36)37-7-6-11(19,20)12(21,22)13(23,24)14(25,26)15(27,28)16(29,30)17(31,32)18(33,34)35/h2-5H,6-7H2,1H3. The minimum atomic E-state index is -8.68. The van der Waals surface area contributed by atoms with E-state index in [9.17, 15) is 79.4 Å². The number of carbonyl (C=O) groups is 1. The number of alkyl halides is 17. The van der Waals surface area contributed by atoms with Gasteiger partial charge in [0.25, 0.3) is 0 Å². The van der Waals surface area contributed by atoms with Gasteiger partial charge in [0.2, 0.25) is 0 Å². The van der Waals surface area contributed by atoms with E-state index >= 15 is 0 Å². The molecule has 0 aliphatic heterocycles. The highest BCUT2D eigenvalue weighted by Gasteiger charge is 2.95. The Morgan fingerprint density at radius 3 is 1.41 bits per heavy atom. The van der Waals surface area contributed by atoms with E-state index in [0.717, 1.165) is 6.07 Å². The summed E-state index contributed by atoms with van der Waals surface area (Å²) in [6.07, 6.45) is -10.7. The molecule has 37 heavy (non-hydrogen) atoms. The van der Waals surface area contributed by atoms with E-state index in [-0.39, 0.29) is 11.1 Å². The molecule has 0 amide bonds. The molecule has 0 N–H and O–H groups in total. The summed E-state index contributed by atoms with van der Waals surface area (Å²) >= 11 is 0. The Bertz CT molecular complexity index is 981. The Morgan fingerprint density at radius 2 is 1.00 bits per heavy atom. The second kappa shape index (κ2) is 9.36. The van der Waals surface area contributed by atoms with Crippen LogP contribution in [0.4, 0.5) is 74.6 Å². The first kappa shape index (κ1) is 32.5. The summed E-state index contributed by atoms with van der Waals surface area (Å²) in [6.45, 7) is -0.740. The molecule has 0 heterocycles. The normalized spacial score (nSPS) is 15.1. The number of aryl methyl sites for hydroxylation is 1. The number of esters is 1. The van der Waals surface area contributed by atoms with Gasteiger partial charge in [0.05, 0.1) is 18.6 Å². The van der Waals surface area contributed by atoms with Crippen molar-refractivity contribution in [2.24, 2.45) is 0 Å². The summed E-state index contributed by atoms with van der Waals surface area (Å²) < 4.78 is 228. The highest BCUT2D eigenvalue weighted by Crippen LogP contribution is 2.64. The number of ether oxygens (including phenoxy) is 1. The fourth-order valence-electron chi connectivity index (χ4n) is 2.50. The first-order chi connectivity index (χ1) is 16.1. The Labute approximate surface area is 194 Å². The van der Waals surface area contributed by atoms with Crippen LogP contribution in [0, 0.1) is 6.92 Å². The maximum atomic E-state index is 13.8. The lowest BCUT2D eigenvalue weighted by atomic mass is 9.88. The second-order valence-corrected chi connectivity index (χ2v) is 7.35. The van der Waals surface area contributed by atoms with Gasteiger partial charge in [0.15, 0.2) is 0 Å². The smallest absolute Gasteiger partial charge is 0.460 e. The summed E-state index contributed by atoms with van der Waals surface area (Å²) in [6, 6.07) is 4.79. The van der Waals surface area contributed by atoms with Crippen LogP contribution in [0.5, 0.6) is 0 Å². The van der Waals surface area contributed by atoms with Gasteiger partial charge in [-0.05, 0) is 18.6 Å². The van der Waals surface area contributed by atoms with Crippen LogP contribution < -0.4 is 0 Å². The molecule has 0 atom stereocenters. The molecule has 1 aromatic rings. The van der Waals surface area contributed by atoms with Gasteiger partial charge in [0, 0.05) is 0 Å². The van der Waals surface area contributed by atoms with E-state index in [4.69, 9.17) is 0 Å². The van der Waals surface area contributed by atoms with Gasteiger partial charge in [-0.2, -0.15) is 74.6 Å². The summed E-state index contributed by atoms with van der Waals surface area (Å²) in [5.74, 6) is -58.4. The summed E-state index contributed by atoms with van der Waals surface area (Å²) in [5.41, 5.74) is -0.281. The topological polar surface area (TPSA) is 26.3 Å². The lowest BCUT2D eigenvalue weighted by Gasteiger charge is -2.42. The van der Waals surface area contributed by atoms with Crippen molar-refractivity contribution in [2.75, 3.05) is 6.61 Å². The van der Waals surface area contributed by atoms with Crippen molar-refractivity contribution < 1.29 is 84.2 Å². The quantitative estimate of drug-likeness (QED) is 0.211. The lowest BCUT2D eigenvalue weighted by molar-refractivity contribution is -0.461. The molecule has 0 bridgehead atoms. The number of halogens is 17. The van der Waals surface area contributed by atoms with Crippen molar-refractivity contribution in [3.8, 4) is 0 Å². The van der Waals surface area contributed by atoms with Gasteiger partial charge in [-0.15, -0.1) is 0 Å². The van der Waals surface area contributed by atoms with Gasteiger partial charge >= 0.3 is 53.6 Å². The van der Waals surface area contributed by atoms with Gasteiger partial charge in [-0.1, -0.05) is 18.2 Å². The molecule has 1 rings (SSSR count). The van der Waals surface area contributed by atoms with Crippen LogP contribution in [0.25, 0.3) is 0 Å². The van der Waals surface area contributed by atoms with Crippen LogP contribution in [0.15, 0.2) is 24.3 Å². The molecule has 0 saturated heterocycles. The van der Waals surface area contributed by atoms with Crippen molar-refractivity contribution in [1.29, 1.82) is 0 Å². The van der Waals surface area contributed by atoms with E-state index in [0.29, 0.717) is 0 Å². The largest absolute Gasteiger partial charge is 0.462 e. The molecule has 0 spiro atoms. The van der Waals surface area contributed by atoms with Crippen molar-refractivity contribution in [1.82, 2.24) is 0 Å². The molecule has 0 unspecified atom stereocenters. The number of hydrogen-bond donors (Lipinski definition) is 0. The Morgan fingerprint density at radius 1 is 0.622 bits per heavy atom. The average molecular weight is 582 g/mol. The predicted molar refractivity (Wildman–Crippen MR) is 86.8 cm³/mol. The molecule has 1 aromatic carbocycles. The highest BCUT2D eigenvalue weighted by atomic mass is 19.4. The lowest BCUT2D eigenvalue weighted by Crippen LogP contribution is -2.74. The fraction of sp³-hybridized carbons (Fsp3) is 0.611. The maximum absolute atomic E-state index is 13.8. The zero-order chi connectivity index (χ0) is 29.7. The molecular weight excluding hydrogens is 571 g/mol. The minimum absolute atomic E-state index is 0.106. The molecule has 0 saturated carbocycles. The maximum Gasteiger partial charge on any atom is 0.460 e. The molecule has 214 valence electrons.